The second-order valence-corrected chi connectivity index (χ2v) is 6.66. The van der Waals surface area contributed by atoms with Gasteiger partial charge >= 0.3 is 0 Å². The van der Waals surface area contributed by atoms with E-state index in [2.05, 4.69) is 12.2 Å². The first-order valence-electron chi connectivity index (χ1n) is 7.63. The van der Waals surface area contributed by atoms with Gasteiger partial charge in [-0.25, -0.2) is 0 Å². The summed E-state index contributed by atoms with van der Waals surface area (Å²) in [7, 11) is 0. The molecule has 17 heavy (non-hydrogen) atoms. The van der Waals surface area contributed by atoms with Gasteiger partial charge in [0.05, 0.1) is 5.60 Å². The van der Waals surface area contributed by atoms with Crippen molar-refractivity contribution in [1.82, 2.24) is 5.32 Å². The van der Waals surface area contributed by atoms with Crippen LogP contribution in [0.3, 0.4) is 0 Å². The van der Waals surface area contributed by atoms with Crippen LogP contribution in [0.15, 0.2) is 0 Å². The maximum absolute atomic E-state index is 5.99. The Balaban J connectivity index is 1.48. The first-order chi connectivity index (χ1) is 8.26. The van der Waals surface area contributed by atoms with Gasteiger partial charge in [0.25, 0.3) is 0 Å². The summed E-state index contributed by atoms with van der Waals surface area (Å²) in [5, 5.41) is 3.86. The fourth-order valence-electron chi connectivity index (χ4n) is 3.81. The van der Waals surface area contributed by atoms with E-state index in [-0.39, 0.29) is 0 Å². The number of rotatable bonds is 4. The van der Waals surface area contributed by atoms with Crippen LogP contribution in [0.25, 0.3) is 0 Å². The van der Waals surface area contributed by atoms with Gasteiger partial charge in [0.2, 0.25) is 0 Å². The topological polar surface area (TPSA) is 21.3 Å². The lowest BCUT2D eigenvalue weighted by Crippen LogP contribution is -2.53. The van der Waals surface area contributed by atoms with E-state index in [4.69, 9.17) is 4.74 Å². The summed E-state index contributed by atoms with van der Waals surface area (Å²) in [5.74, 6) is 0. The third kappa shape index (κ3) is 2.26. The monoisotopic (exact) mass is 237 g/mol. The van der Waals surface area contributed by atoms with E-state index in [1.807, 2.05) is 0 Å². The van der Waals surface area contributed by atoms with Crippen LogP contribution in [-0.4, -0.2) is 24.8 Å². The summed E-state index contributed by atoms with van der Waals surface area (Å²) in [4.78, 5) is 0. The summed E-state index contributed by atoms with van der Waals surface area (Å²) in [6.07, 6.45) is 12.2. The Bertz CT molecular complexity index is 263. The quantitative estimate of drug-likeness (QED) is 0.810. The first-order valence-corrected chi connectivity index (χ1v) is 7.63. The zero-order valence-electron chi connectivity index (χ0n) is 11.3. The number of hydrogen-bond acceptors (Lipinski definition) is 2. The van der Waals surface area contributed by atoms with Crippen molar-refractivity contribution in [3.63, 3.8) is 0 Å². The molecule has 3 aliphatic rings. The molecule has 1 unspecified atom stereocenters. The molecule has 1 heterocycles. The molecule has 1 aliphatic heterocycles. The first kappa shape index (κ1) is 12.0. The molecule has 2 saturated carbocycles. The average Bonchev–Trinajstić information content (AvgIpc) is 2.27. The molecule has 1 N–H and O–H groups in total. The van der Waals surface area contributed by atoms with Crippen molar-refractivity contribution >= 4 is 0 Å². The largest absolute Gasteiger partial charge is 0.375 e. The SMILES string of the molecule is CCC1(CNC2CCOC3(CCC3)C2)CCC1. The summed E-state index contributed by atoms with van der Waals surface area (Å²) in [6.45, 7) is 4.60. The Hall–Kier alpha value is -0.0800. The normalized spacial score (nSPS) is 34.1. The standard InChI is InChI=1S/C15H27NO/c1-2-14(6-3-7-14)12-16-13-5-10-17-15(11-13)8-4-9-15/h13,16H,2-12H2,1H3. The molecule has 0 aromatic heterocycles. The highest BCUT2D eigenvalue weighted by atomic mass is 16.5. The molecular formula is C15H27NO. The van der Waals surface area contributed by atoms with E-state index >= 15 is 0 Å². The molecule has 2 nitrogen and oxygen atoms in total. The molecule has 1 atom stereocenters. The van der Waals surface area contributed by atoms with Gasteiger partial charge < -0.3 is 10.1 Å². The minimum atomic E-state index is 0.301. The van der Waals surface area contributed by atoms with Gasteiger partial charge in [0.1, 0.15) is 0 Å². The van der Waals surface area contributed by atoms with Crippen LogP contribution in [0.5, 0.6) is 0 Å². The molecule has 0 amide bonds. The van der Waals surface area contributed by atoms with E-state index < -0.39 is 0 Å². The third-order valence-electron chi connectivity index (χ3n) is 5.69. The maximum Gasteiger partial charge on any atom is 0.0697 e. The summed E-state index contributed by atoms with van der Waals surface area (Å²) in [5.41, 5.74) is 0.958. The summed E-state index contributed by atoms with van der Waals surface area (Å²) >= 11 is 0. The van der Waals surface area contributed by atoms with Crippen molar-refractivity contribution in [1.29, 1.82) is 0 Å². The number of hydrogen-bond donors (Lipinski definition) is 1. The molecule has 0 aromatic rings. The predicted octanol–water partition coefficient (Wildman–Crippen LogP) is 3.26. The Kier molecular flexibility index (Phi) is 3.20. The van der Waals surface area contributed by atoms with Crippen molar-refractivity contribution in [3.05, 3.63) is 0 Å². The molecule has 1 spiro atoms. The Labute approximate surface area is 105 Å². The van der Waals surface area contributed by atoms with Gasteiger partial charge in [-0.15, -0.1) is 0 Å². The molecule has 2 aliphatic carbocycles. The van der Waals surface area contributed by atoms with Crippen LogP contribution < -0.4 is 5.32 Å². The second-order valence-electron chi connectivity index (χ2n) is 6.66. The van der Waals surface area contributed by atoms with E-state index in [0.29, 0.717) is 11.0 Å². The van der Waals surface area contributed by atoms with Crippen LogP contribution in [0.2, 0.25) is 0 Å². The predicted molar refractivity (Wildman–Crippen MR) is 70.1 cm³/mol. The molecule has 0 radical (unpaired) electrons. The minimum absolute atomic E-state index is 0.301. The van der Waals surface area contributed by atoms with Crippen molar-refractivity contribution in [3.8, 4) is 0 Å². The average molecular weight is 237 g/mol. The van der Waals surface area contributed by atoms with Crippen molar-refractivity contribution < 1.29 is 4.74 Å². The lowest BCUT2D eigenvalue weighted by atomic mass is 9.66. The van der Waals surface area contributed by atoms with Gasteiger partial charge in [-0.2, -0.15) is 0 Å². The van der Waals surface area contributed by atoms with Crippen LogP contribution in [0.1, 0.15) is 64.7 Å². The zero-order chi connectivity index (χ0) is 11.8. The fourth-order valence-corrected chi connectivity index (χ4v) is 3.81. The molecule has 3 fully saturated rings. The highest BCUT2D eigenvalue weighted by Crippen LogP contribution is 2.45. The highest BCUT2D eigenvalue weighted by Gasteiger charge is 2.43. The van der Waals surface area contributed by atoms with E-state index in [1.165, 1.54) is 64.3 Å². The van der Waals surface area contributed by atoms with Gasteiger partial charge in [0.15, 0.2) is 0 Å². The van der Waals surface area contributed by atoms with Crippen LogP contribution in [0.4, 0.5) is 0 Å². The van der Waals surface area contributed by atoms with E-state index in [9.17, 15) is 0 Å². The Morgan fingerprint density at radius 1 is 1.18 bits per heavy atom. The fraction of sp³-hybridized carbons (Fsp3) is 1.00. The van der Waals surface area contributed by atoms with E-state index in [0.717, 1.165) is 12.6 Å². The Morgan fingerprint density at radius 2 is 1.94 bits per heavy atom. The lowest BCUT2D eigenvalue weighted by molar-refractivity contribution is -0.136. The van der Waals surface area contributed by atoms with Gasteiger partial charge in [-0.1, -0.05) is 13.3 Å². The molecule has 3 rings (SSSR count). The van der Waals surface area contributed by atoms with Gasteiger partial charge in [0, 0.05) is 19.2 Å². The Morgan fingerprint density at radius 3 is 2.47 bits per heavy atom. The van der Waals surface area contributed by atoms with Crippen molar-refractivity contribution in [2.24, 2.45) is 5.41 Å². The number of ether oxygens (including phenoxy) is 1. The van der Waals surface area contributed by atoms with Crippen LogP contribution in [0, 0.1) is 5.41 Å². The highest BCUT2D eigenvalue weighted by molar-refractivity contribution is 4.97. The maximum atomic E-state index is 5.99. The molecule has 0 bridgehead atoms. The lowest BCUT2D eigenvalue weighted by Gasteiger charge is -2.49. The van der Waals surface area contributed by atoms with Crippen molar-refractivity contribution in [2.75, 3.05) is 13.2 Å². The smallest absolute Gasteiger partial charge is 0.0697 e. The third-order valence-corrected chi connectivity index (χ3v) is 5.69. The summed E-state index contributed by atoms with van der Waals surface area (Å²) < 4.78 is 5.99. The summed E-state index contributed by atoms with van der Waals surface area (Å²) in [6, 6.07) is 0.730. The molecule has 0 aromatic carbocycles. The molecule has 2 heteroatoms. The molecule has 98 valence electrons. The molecular weight excluding hydrogens is 210 g/mol. The van der Waals surface area contributed by atoms with Crippen LogP contribution in [-0.2, 0) is 4.74 Å². The van der Waals surface area contributed by atoms with E-state index in [1.54, 1.807) is 0 Å². The van der Waals surface area contributed by atoms with Gasteiger partial charge in [-0.05, 0) is 56.8 Å². The van der Waals surface area contributed by atoms with Crippen LogP contribution >= 0.6 is 0 Å². The zero-order valence-corrected chi connectivity index (χ0v) is 11.3. The molecule has 1 saturated heterocycles. The number of nitrogens with one attached hydrogen (secondary N) is 1. The second kappa shape index (κ2) is 4.55. The minimum Gasteiger partial charge on any atom is -0.375 e. The van der Waals surface area contributed by atoms with Crippen molar-refractivity contribution in [2.45, 2.75) is 76.4 Å². The van der Waals surface area contributed by atoms with Gasteiger partial charge in [-0.3, -0.25) is 0 Å².